The maximum Gasteiger partial charge on any atom is 0.261 e. The number of hydrogen-bond acceptors (Lipinski definition) is 4. The van der Waals surface area contributed by atoms with Crippen LogP contribution in [0.4, 0.5) is 11.4 Å². The Morgan fingerprint density at radius 3 is 2.27 bits per heavy atom. The van der Waals surface area contributed by atoms with Crippen LogP contribution in [0.15, 0.2) is 53.4 Å². The number of nitrogens with one attached hydrogen (secondary N) is 3. The number of rotatable bonds is 7. The number of amides is 2. The van der Waals surface area contributed by atoms with E-state index in [1.54, 1.807) is 18.2 Å². The number of benzene rings is 2. The summed E-state index contributed by atoms with van der Waals surface area (Å²) < 4.78 is 27.4. The van der Waals surface area contributed by atoms with E-state index in [1.165, 1.54) is 37.3 Å². The van der Waals surface area contributed by atoms with E-state index >= 15 is 0 Å². The van der Waals surface area contributed by atoms with Crippen LogP contribution in [-0.2, 0) is 14.8 Å². The van der Waals surface area contributed by atoms with Crippen LogP contribution in [0.2, 0.25) is 0 Å². The number of carbonyl (C=O) groups is 2. The lowest BCUT2D eigenvalue weighted by molar-refractivity contribution is -0.114. The van der Waals surface area contributed by atoms with E-state index in [4.69, 9.17) is 0 Å². The lowest BCUT2D eigenvalue weighted by Crippen LogP contribution is -2.24. The fraction of sp³-hybridized carbons (Fsp3) is 0.222. The third kappa shape index (κ3) is 5.32. The average molecular weight is 375 g/mol. The van der Waals surface area contributed by atoms with Crippen molar-refractivity contribution in [3.63, 3.8) is 0 Å². The van der Waals surface area contributed by atoms with E-state index < -0.39 is 10.0 Å². The van der Waals surface area contributed by atoms with Crippen LogP contribution in [0.5, 0.6) is 0 Å². The highest BCUT2D eigenvalue weighted by molar-refractivity contribution is 7.92. The monoisotopic (exact) mass is 375 g/mol. The van der Waals surface area contributed by atoms with Gasteiger partial charge in [0.05, 0.1) is 10.6 Å². The van der Waals surface area contributed by atoms with Crippen molar-refractivity contribution in [2.45, 2.75) is 25.2 Å². The van der Waals surface area contributed by atoms with Gasteiger partial charge in [-0.2, -0.15) is 0 Å². The summed E-state index contributed by atoms with van der Waals surface area (Å²) in [5.74, 6) is -0.492. The highest BCUT2D eigenvalue weighted by atomic mass is 32.2. The predicted molar refractivity (Wildman–Crippen MR) is 101 cm³/mol. The van der Waals surface area contributed by atoms with Gasteiger partial charge in [0.15, 0.2) is 0 Å². The van der Waals surface area contributed by atoms with Gasteiger partial charge in [0, 0.05) is 24.7 Å². The van der Waals surface area contributed by atoms with Gasteiger partial charge in [-0.05, 0) is 48.9 Å². The largest absolute Gasteiger partial charge is 0.352 e. The van der Waals surface area contributed by atoms with Gasteiger partial charge in [-0.25, -0.2) is 8.42 Å². The number of hydrogen-bond donors (Lipinski definition) is 3. The summed E-state index contributed by atoms with van der Waals surface area (Å²) in [5.41, 5.74) is 1.20. The third-order valence-corrected chi connectivity index (χ3v) is 4.79. The van der Waals surface area contributed by atoms with Crippen molar-refractivity contribution in [1.29, 1.82) is 0 Å². The Morgan fingerprint density at radius 1 is 1.00 bits per heavy atom. The Morgan fingerprint density at radius 2 is 1.65 bits per heavy atom. The van der Waals surface area contributed by atoms with Gasteiger partial charge in [0.25, 0.3) is 15.9 Å². The van der Waals surface area contributed by atoms with Crippen LogP contribution in [-0.4, -0.2) is 26.8 Å². The van der Waals surface area contributed by atoms with Gasteiger partial charge >= 0.3 is 0 Å². The molecule has 8 heteroatoms. The van der Waals surface area contributed by atoms with Crippen LogP contribution < -0.4 is 15.4 Å². The maximum atomic E-state index is 12.5. The second-order valence-corrected chi connectivity index (χ2v) is 7.33. The molecule has 2 aromatic rings. The summed E-state index contributed by atoms with van der Waals surface area (Å²) in [7, 11) is -3.81. The van der Waals surface area contributed by atoms with Crippen LogP contribution in [0, 0.1) is 0 Å². The van der Waals surface area contributed by atoms with Gasteiger partial charge in [-0.1, -0.05) is 13.0 Å². The molecule has 0 aromatic heterocycles. The molecule has 2 aromatic carbocycles. The van der Waals surface area contributed by atoms with Crippen molar-refractivity contribution in [2.75, 3.05) is 16.6 Å². The molecule has 0 spiro atoms. The van der Waals surface area contributed by atoms with Crippen molar-refractivity contribution in [1.82, 2.24) is 5.32 Å². The minimum absolute atomic E-state index is 0.0365. The summed E-state index contributed by atoms with van der Waals surface area (Å²) in [4.78, 5) is 23.0. The molecule has 0 unspecified atom stereocenters. The van der Waals surface area contributed by atoms with Crippen molar-refractivity contribution >= 4 is 33.2 Å². The van der Waals surface area contributed by atoms with Gasteiger partial charge in [0.1, 0.15) is 0 Å². The van der Waals surface area contributed by atoms with E-state index in [0.29, 0.717) is 23.5 Å². The van der Waals surface area contributed by atoms with Gasteiger partial charge in [0.2, 0.25) is 5.91 Å². The van der Waals surface area contributed by atoms with Crippen molar-refractivity contribution in [3.8, 4) is 0 Å². The normalized spacial score (nSPS) is 10.8. The maximum absolute atomic E-state index is 12.5. The van der Waals surface area contributed by atoms with Crippen molar-refractivity contribution < 1.29 is 18.0 Å². The fourth-order valence-corrected chi connectivity index (χ4v) is 3.25. The first kappa shape index (κ1) is 19.5. The summed E-state index contributed by atoms with van der Waals surface area (Å²) in [6.45, 7) is 3.88. The first-order chi connectivity index (χ1) is 12.3. The van der Waals surface area contributed by atoms with E-state index in [1.807, 2.05) is 6.92 Å². The summed E-state index contributed by atoms with van der Waals surface area (Å²) in [6.07, 6.45) is 0.819. The summed E-state index contributed by atoms with van der Waals surface area (Å²) in [6, 6.07) is 12.1. The smallest absolute Gasteiger partial charge is 0.261 e. The van der Waals surface area contributed by atoms with Gasteiger partial charge in [-0.3, -0.25) is 14.3 Å². The molecule has 7 nitrogen and oxygen atoms in total. The molecular weight excluding hydrogens is 354 g/mol. The molecule has 0 aliphatic rings. The zero-order valence-electron chi connectivity index (χ0n) is 14.6. The fourth-order valence-electron chi connectivity index (χ4n) is 2.20. The Hall–Kier alpha value is -2.87. The van der Waals surface area contributed by atoms with E-state index in [0.717, 1.165) is 6.42 Å². The lowest BCUT2D eigenvalue weighted by Gasteiger charge is -2.10. The van der Waals surface area contributed by atoms with E-state index in [-0.39, 0.29) is 16.7 Å². The zero-order chi connectivity index (χ0) is 19.2. The lowest BCUT2D eigenvalue weighted by atomic mass is 10.2. The standard InChI is InChI=1S/C18H21N3O4S/c1-3-11-19-18(23)14-7-9-17(10-8-14)26(24,25)21-16-6-4-5-15(12-16)20-13(2)22/h4-10,12,21H,3,11H2,1-2H3,(H,19,23)(H,20,22). The molecule has 0 saturated carbocycles. The minimum atomic E-state index is -3.81. The van der Waals surface area contributed by atoms with Gasteiger partial charge < -0.3 is 10.6 Å². The Kier molecular flexibility index (Phi) is 6.35. The Balaban J connectivity index is 2.15. The molecule has 0 atom stereocenters. The molecule has 26 heavy (non-hydrogen) atoms. The topological polar surface area (TPSA) is 104 Å². The van der Waals surface area contributed by atoms with E-state index in [9.17, 15) is 18.0 Å². The molecule has 0 bridgehead atoms. The van der Waals surface area contributed by atoms with Crippen LogP contribution in [0.25, 0.3) is 0 Å². The highest BCUT2D eigenvalue weighted by Gasteiger charge is 2.15. The molecule has 138 valence electrons. The average Bonchev–Trinajstić information content (AvgIpc) is 2.59. The molecule has 2 amide bonds. The summed E-state index contributed by atoms with van der Waals surface area (Å²) >= 11 is 0. The molecule has 0 fully saturated rings. The molecule has 0 radical (unpaired) electrons. The Labute approximate surface area is 152 Å². The van der Waals surface area contributed by atoms with Crippen LogP contribution in [0.1, 0.15) is 30.6 Å². The zero-order valence-corrected chi connectivity index (χ0v) is 15.4. The SMILES string of the molecule is CCCNC(=O)c1ccc(S(=O)(=O)Nc2cccc(NC(C)=O)c2)cc1. The second-order valence-electron chi connectivity index (χ2n) is 5.65. The molecule has 0 saturated heterocycles. The molecule has 3 N–H and O–H groups in total. The van der Waals surface area contributed by atoms with Crippen LogP contribution >= 0.6 is 0 Å². The molecule has 0 heterocycles. The first-order valence-electron chi connectivity index (χ1n) is 8.10. The van der Waals surface area contributed by atoms with Crippen molar-refractivity contribution in [3.05, 3.63) is 54.1 Å². The second kappa shape index (κ2) is 8.48. The van der Waals surface area contributed by atoms with E-state index in [2.05, 4.69) is 15.4 Å². The minimum Gasteiger partial charge on any atom is -0.352 e. The molecular formula is C18H21N3O4S. The predicted octanol–water partition coefficient (Wildman–Crippen LogP) is 2.59. The number of anilines is 2. The highest BCUT2D eigenvalue weighted by Crippen LogP contribution is 2.20. The number of sulfonamides is 1. The quantitative estimate of drug-likeness (QED) is 0.692. The Bertz CT molecular complexity index is 893. The molecule has 0 aliphatic carbocycles. The summed E-state index contributed by atoms with van der Waals surface area (Å²) in [5, 5.41) is 5.32. The molecule has 2 rings (SSSR count). The van der Waals surface area contributed by atoms with Crippen molar-refractivity contribution in [2.24, 2.45) is 0 Å². The van der Waals surface area contributed by atoms with Crippen LogP contribution in [0.3, 0.4) is 0 Å². The number of carbonyl (C=O) groups excluding carboxylic acids is 2. The molecule has 0 aliphatic heterocycles. The first-order valence-corrected chi connectivity index (χ1v) is 9.59. The van der Waals surface area contributed by atoms with Gasteiger partial charge in [-0.15, -0.1) is 0 Å². The third-order valence-electron chi connectivity index (χ3n) is 3.40.